The maximum atomic E-state index is 5.05. The molecule has 1 N–H and O–H groups in total. The summed E-state index contributed by atoms with van der Waals surface area (Å²) in [7, 11) is 0. The summed E-state index contributed by atoms with van der Waals surface area (Å²) < 4.78 is 8.12. The number of aromatic nitrogens is 10. The molecule has 552 valence electrons. The molecule has 0 saturated heterocycles. The zero-order valence-electron chi connectivity index (χ0n) is 63.3. The molecule has 0 bridgehead atoms. The number of nitrogens with one attached hydrogen (secondary N) is 1. The van der Waals surface area contributed by atoms with Crippen LogP contribution in [0.5, 0.6) is 0 Å². The van der Waals surface area contributed by atoms with E-state index in [9.17, 15) is 0 Å². The van der Waals surface area contributed by atoms with Gasteiger partial charge in [-0.1, -0.05) is 344 Å². The summed E-state index contributed by atoms with van der Waals surface area (Å²) in [5.74, 6) is 3.85. The zero-order chi connectivity index (χ0) is 78.0. The maximum absolute atomic E-state index is 5.05. The Morgan fingerprint density at radius 2 is 0.538 bits per heavy atom. The molecule has 0 aliphatic rings. The maximum Gasteiger partial charge on any atom is 0.164 e. The topological polar surface area (TPSA) is 108 Å². The highest BCUT2D eigenvalue weighted by Crippen LogP contribution is 2.42. The highest BCUT2D eigenvalue weighted by atomic mass is 79.9. The second-order valence-electron chi connectivity index (χ2n) is 28.9. The standard InChI is InChI=1S/C53H35N5.C35H23N5.C18H13Br/c1-5-16-36(17-6-1)42-32-43(37-18-7-2-8-19-37)35-45(34-42)58-48-27-14-13-26-46(48)47-29-28-38-30-31-57(49(38)50(47)58)44-25-15-24-41(33-44)53-55-51(39-20-9-3-10-21-39)54-52(56-53)40-22-11-4-12-23-40;1-3-10-24(11-4-1)33-37-34(25-12-5-2-6-13-25)39-35(38-33)26-14-9-15-27(22-26)40-21-20-23-18-19-29-28-16-7-8-17-30(28)36-31(29)32(23)40;19-18-12-16(14-7-3-1-4-8-14)11-17(13-18)15-9-5-2-6-10-15/h1-35H;1-22,36H;1-13H. The van der Waals surface area contributed by atoms with Gasteiger partial charge in [0.2, 0.25) is 0 Å². The molecule has 10 nitrogen and oxygen atoms in total. The lowest BCUT2D eigenvalue weighted by Crippen LogP contribution is -2.01. The van der Waals surface area contributed by atoms with Crippen LogP contribution in [0, 0.1) is 0 Å². The van der Waals surface area contributed by atoms with Crippen LogP contribution in [0.1, 0.15) is 0 Å². The Labute approximate surface area is 684 Å². The Hall–Kier alpha value is -15.3. The Bertz CT molecular complexity index is 7120. The van der Waals surface area contributed by atoms with Gasteiger partial charge in [0.15, 0.2) is 34.9 Å². The predicted octanol–water partition coefficient (Wildman–Crippen LogP) is 27.5. The zero-order valence-corrected chi connectivity index (χ0v) is 64.9. The normalized spacial score (nSPS) is 11.3. The first-order chi connectivity index (χ1) is 57.9. The van der Waals surface area contributed by atoms with E-state index in [1.165, 1.54) is 71.4 Å². The summed E-state index contributed by atoms with van der Waals surface area (Å²) in [6.07, 6.45) is 4.31. The van der Waals surface area contributed by atoms with Gasteiger partial charge in [-0.2, -0.15) is 0 Å². The van der Waals surface area contributed by atoms with Gasteiger partial charge < -0.3 is 18.7 Å². The van der Waals surface area contributed by atoms with Crippen LogP contribution in [0.3, 0.4) is 0 Å². The van der Waals surface area contributed by atoms with Gasteiger partial charge in [0, 0.05) is 105 Å². The molecular weight excluding hydrogens is 1490 g/mol. The van der Waals surface area contributed by atoms with Crippen molar-refractivity contribution in [1.29, 1.82) is 0 Å². The van der Waals surface area contributed by atoms with Gasteiger partial charge in [-0.3, -0.25) is 0 Å². The molecule has 0 atom stereocenters. The minimum Gasteiger partial charge on any atom is -0.353 e. The lowest BCUT2D eigenvalue weighted by atomic mass is 9.98. The molecular formula is C106H71BrN10. The number of H-pyrrole nitrogens is 1. The molecule has 117 heavy (non-hydrogen) atoms. The van der Waals surface area contributed by atoms with Crippen LogP contribution in [0.2, 0.25) is 0 Å². The first kappa shape index (κ1) is 70.8. The van der Waals surface area contributed by atoms with Crippen molar-refractivity contribution in [2.24, 2.45) is 0 Å². The van der Waals surface area contributed by atoms with Crippen LogP contribution >= 0.6 is 15.9 Å². The Balaban J connectivity index is 0.000000128. The van der Waals surface area contributed by atoms with Gasteiger partial charge in [-0.25, -0.2) is 29.9 Å². The Kier molecular flexibility index (Phi) is 19.0. The summed E-state index contributed by atoms with van der Waals surface area (Å²) in [6.45, 7) is 0. The molecule has 0 amide bonds. The van der Waals surface area contributed by atoms with Crippen LogP contribution in [0.15, 0.2) is 429 Å². The fourth-order valence-corrected chi connectivity index (χ4v) is 16.4. The number of hydrogen-bond donors (Lipinski definition) is 1. The van der Waals surface area contributed by atoms with Crippen molar-refractivity contribution in [2.45, 2.75) is 0 Å². The first-order valence-corrected chi connectivity index (χ1v) is 39.9. The molecule has 22 aromatic rings. The summed E-state index contributed by atoms with van der Waals surface area (Å²) in [6, 6.07) is 144. The quantitative estimate of drug-likeness (QED) is 0.123. The highest BCUT2D eigenvalue weighted by Gasteiger charge is 2.22. The van der Waals surface area contributed by atoms with Crippen LogP contribution < -0.4 is 0 Å². The minimum absolute atomic E-state index is 0.622. The number of halogens is 1. The van der Waals surface area contributed by atoms with Crippen molar-refractivity contribution in [3.8, 4) is 130 Å². The third-order valence-electron chi connectivity index (χ3n) is 21.5. The van der Waals surface area contributed by atoms with Crippen molar-refractivity contribution in [3.63, 3.8) is 0 Å². The number of nitrogens with zero attached hydrogens (tertiary/aromatic N) is 9. The van der Waals surface area contributed by atoms with Gasteiger partial charge >= 0.3 is 0 Å². The Morgan fingerprint density at radius 3 is 0.966 bits per heavy atom. The van der Waals surface area contributed by atoms with Gasteiger partial charge in [-0.15, -0.1) is 0 Å². The summed E-state index contributed by atoms with van der Waals surface area (Å²) >= 11 is 3.61. The smallest absolute Gasteiger partial charge is 0.164 e. The summed E-state index contributed by atoms with van der Waals surface area (Å²) in [5, 5.41) is 7.19. The van der Waals surface area contributed by atoms with Crippen LogP contribution in [-0.4, -0.2) is 48.6 Å². The van der Waals surface area contributed by atoms with Crippen LogP contribution in [0.4, 0.5) is 0 Å². The van der Waals surface area contributed by atoms with Gasteiger partial charge in [0.1, 0.15) is 0 Å². The number of rotatable bonds is 13. The number of para-hydroxylation sites is 2. The van der Waals surface area contributed by atoms with Crippen molar-refractivity contribution >= 4 is 81.3 Å². The van der Waals surface area contributed by atoms with E-state index in [2.05, 4.69) is 326 Å². The fraction of sp³-hybridized carbons (Fsp3) is 0. The predicted molar refractivity (Wildman–Crippen MR) is 486 cm³/mol. The largest absolute Gasteiger partial charge is 0.353 e. The molecule has 22 rings (SSSR count). The Morgan fingerprint density at radius 1 is 0.214 bits per heavy atom. The molecule has 11 heteroatoms. The number of hydrogen-bond acceptors (Lipinski definition) is 6. The van der Waals surface area contributed by atoms with Crippen molar-refractivity contribution in [1.82, 2.24) is 48.6 Å². The van der Waals surface area contributed by atoms with E-state index in [1.54, 1.807) is 0 Å². The molecule has 6 heterocycles. The van der Waals surface area contributed by atoms with E-state index in [0.717, 1.165) is 93.4 Å². The number of aromatic amines is 1. The van der Waals surface area contributed by atoms with Crippen molar-refractivity contribution in [3.05, 3.63) is 429 Å². The number of fused-ring (bicyclic) bond motifs is 10. The second kappa shape index (κ2) is 31.3. The average Bonchev–Trinajstić information content (AvgIpc) is 1.56. The van der Waals surface area contributed by atoms with Crippen LogP contribution in [-0.2, 0) is 0 Å². The lowest BCUT2D eigenvalue weighted by molar-refractivity contribution is 1.07. The minimum atomic E-state index is 0.622. The van der Waals surface area contributed by atoms with E-state index in [4.69, 9.17) is 29.9 Å². The third-order valence-corrected chi connectivity index (χ3v) is 21.9. The second-order valence-corrected chi connectivity index (χ2v) is 29.8. The SMILES string of the molecule is Brc1cc(-c2ccccc2)cc(-c2ccccc2)c1.c1ccc(-c2cc(-c3ccccc3)cc(-n3c4ccccc4c4ccc5ccn(-c6cccc(-c7nc(-c8ccccc8)nc(-c8ccccc8)n7)c6)c5c43)c2)cc1.c1ccc(-c2nc(-c3ccccc3)nc(-c3cccc(-n4ccc5ccc6c7ccccc7[nH]c6c54)c3)n2)cc1. The van der Waals surface area contributed by atoms with E-state index in [1.807, 2.05) is 133 Å². The molecule has 0 radical (unpaired) electrons. The fourth-order valence-electron chi connectivity index (χ4n) is 15.9. The molecule has 0 aliphatic heterocycles. The van der Waals surface area contributed by atoms with E-state index in [-0.39, 0.29) is 0 Å². The molecule has 0 spiro atoms. The highest BCUT2D eigenvalue weighted by molar-refractivity contribution is 9.10. The average molecular weight is 1560 g/mol. The lowest BCUT2D eigenvalue weighted by Gasteiger charge is -2.16. The van der Waals surface area contributed by atoms with Gasteiger partial charge in [-0.05, 0) is 129 Å². The molecule has 0 saturated carbocycles. The third kappa shape index (κ3) is 14.2. The first-order valence-electron chi connectivity index (χ1n) is 39.1. The number of benzene rings is 16. The summed E-state index contributed by atoms with van der Waals surface area (Å²) in [4.78, 5) is 33.4. The monoisotopic (exact) mass is 1560 g/mol. The van der Waals surface area contributed by atoms with Crippen LogP contribution in [0.25, 0.3) is 195 Å². The van der Waals surface area contributed by atoms with Crippen molar-refractivity contribution in [2.75, 3.05) is 0 Å². The molecule has 0 aliphatic carbocycles. The van der Waals surface area contributed by atoms with E-state index < -0.39 is 0 Å². The van der Waals surface area contributed by atoms with E-state index >= 15 is 0 Å². The summed E-state index contributed by atoms with van der Waals surface area (Å²) in [5.41, 5.74) is 25.3. The molecule has 0 fully saturated rings. The van der Waals surface area contributed by atoms with Gasteiger partial charge in [0.25, 0.3) is 0 Å². The molecule has 16 aromatic carbocycles. The van der Waals surface area contributed by atoms with Crippen molar-refractivity contribution < 1.29 is 0 Å². The van der Waals surface area contributed by atoms with Gasteiger partial charge in [0.05, 0.1) is 27.6 Å². The van der Waals surface area contributed by atoms with E-state index in [0.29, 0.717) is 34.9 Å². The molecule has 0 unspecified atom stereocenters. The molecule has 6 aromatic heterocycles.